The van der Waals surface area contributed by atoms with Crippen molar-refractivity contribution < 1.29 is 25.9 Å². The van der Waals surface area contributed by atoms with Gasteiger partial charge < -0.3 is 0 Å². The second-order valence-electron chi connectivity index (χ2n) is 2.58. The zero-order chi connectivity index (χ0) is 11.9. The van der Waals surface area contributed by atoms with Crippen molar-refractivity contribution in [1.82, 2.24) is 5.73 Å². The highest BCUT2D eigenvalue weighted by molar-refractivity contribution is 7.86. The first kappa shape index (κ1) is 11.9. The molecule has 0 aliphatic rings. The summed E-state index contributed by atoms with van der Waals surface area (Å²) in [6.07, 6.45) is 0. The van der Waals surface area contributed by atoms with E-state index in [-0.39, 0.29) is 0 Å². The molecule has 0 unspecified atom stereocenters. The van der Waals surface area contributed by atoms with Crippen molar-refractivity contribution in [1.29, 1.82) is 0 Å². The number of benzene rings is 1. The van der Waals surface area contributed by atoms with Gasteiger partial charge in [-0.15, -0.1) is 5.73 Å². The van der Waals surface area contributed by atoms with Gasteiger partial charge in [0.15, 0.2) is 0 Å². The molecule has 15 heavy (non-hydrogen) atoms. The third kappa shape index (κ3) is 2.65. The molecule has 0 fully saturated rings. The fraction of sp³-hybridized carbons (Fsp3) is 0. The van der Waals surface area contributed by atoms with E-state index in [2.05, 4.69) is 0 Å². The summed E-state index contributed by atoms with van der Waals surface area (Å²) in [6.45, 7) is 0. The van der Waals surface area contributed by atoms with Crippen molar-refractivity contribution in [2.24, 2.45) is 0 Å². The fourth-order valence-electron chi connectivity index (χ4n) is 0.876. The Morgan fingerprint density at radius 3 is 1.87 bits per heavy atom. The Hall–Kier alpha value is -1.16. The van der Waals surface area contributed by atoms with Crippen LogP contribution in [0.2, 0.25) is 0 Å². The van der Waals surface area contributed by atoms with Crippen LogP contribution in [0.1, 0.15) is 0 Å². The molecule has 0 spiro atoms. The van der Waals surface area contributed by atoms with Gasteiger partial charge in [0.1, 0.15) is 10.6 Å². The Morgan fingerprint density at radius 1 is 1.00 bits per heavy atom. The number of nitrogens with zero attached hydrogens (tertiary/aromatic N) is 1. The van der Waals surface area contributed by atoms with Gasteiger partial charge in [-0.1, -0.05) is 0 Å². The van der Waals surface area contributed by atoms with Crippen molar-refractivity contribution >= 4 is 25.9 Å². The first-order valence-electron chi connectivity index (χ1n) is 3.40. The summed E-state index contributed by atoms with van der Waals surface area (Å²) in [4.78, 5) is -1.51. The smallest absolute Gasteiger partial charge is 0.282 e. The van der Waals surface area contributed by atoms with E-state index < -0.39 is 35.7 Å². The van der Waals surface area contributed by atoms with E-state index in [0.717, 1.165) is 6.07 Å². The van der Waals surface area contributed by atoms with Gasteiger partial charge in [-0.25, -0.2) is 0 Å². The van der Waals surface area contributed by atoms with Crippen LogP contribution in [-0.2, 0) is 20.2 Å². The zero-order valence-electron chi connectivity index (χ0n) is 7.02. The molecule has 1 rings (SSSR count). The first-order valence-corrected chi connectivity index (χ1v) is 6.28. The molecule has 1 aromatic rings. The fourth-order valence-corrected chi connectivity index (χ4v) is 1.94. The van der Waals surface area contributed by atoms with E-state index in [9.17, 15) is 16.8 Å². The maximum absolute atomic E-state index is 10.6. The van der Waals surface area contributed by atoms with Crippen molar-refractivity contribution in [3.8, 4) is 0 Å². The largest absolute Gasteiger partial charge is 0.296 e. The highest BCUT2D eigenvalue weighted by Crippen LogP contribution is 2.22. The summed E-state index contributed by atoms with van der Waals surface area (Å²) in [5.41, 5.74) is 8.11. The average Bonchev–Trinajstić information content (AvgIpc) is 1.99. The van der Waals surface area contributed by atoms with Crippen molar-refractivity contribution in [2.75, 3.05) is 0 Å². The van der Waals surface area contributed by atoms with E-state index in [1.54, 1.807) is 0 Å². The topological polar surface area (TPSA) is 131 Å². The molecule has 2 radical (unpaired) electrons. The zero-order valence-corrected chi connectivity index (χ0v) is 8.66. The van der Waals surface area contributed by atoms with Crippen LogP contribution in [0.5, 0.6) is 0 Å². The molecular weight excluding hydrogens is 246 g/mol. The predicted molar refractivity (Wildman–Crippen MR) is 47.9 cm³/mol. The molecule has 0 aromatic heterocycles. The third-order valence-electron chi connectivity index (χ3n) is 1.51. The molecule has 0 amide bonds. The molecule has 0 aliphatic carbocycles. The average molecular weight is 251 g/mol. The van der Waals surface area contributed by atoms with Gasteiger partial charge in [0.25, 0.3) is 20.2 Å². The maximum atomic E-state index is 10.6. The molecule has 9 heteroatoms. The van der Waals surface area contributed by atoms with Crippen LogP contribution >= 0.6 is 0 Å². The number of rotatable bonds is 2. The van der Waals surface area contributed by atoms with Crippen LogP contribution in [0.3, 0.4) is 0 Å². The van der Waals surface area contributed by atoms with Crippen LogP contribution < -0.4 is 5.73 Å². The Morgan fingerprint density at radius 2 is 1.53 bits per heavy atom. The molecular formula is C6H5NO6S2. The molecule has 0 aliphatic heterocycles. The maximum Gasteiger partial charge on any atom is 0.296 e. The molecule has 82 valence electrons. The standard InChI is InChI=1S/C6H5NO6S2/c7-5-3-4(14(8,9)10)1-2-6(5)15(11,12)13/h1-3H,(H,8,9,10)(H,11,12,13). The van der Waals surface area contributed by atoms with Crippen LogP contribution in [0.15, 0.2) is 28.0 Å². The van der Waals surface area contributed by atoms with E-state index in [1.165, 1.54) is 0 Å². The van der Waals surface area contributed by atoms with Gasteiger partial charge in [0.05, 0.1) is 4.90 Å². The molecule has 2 N–H and O–H groups in total. The number of hydrogen-bond acceptors (Lipinski definition) is 4. The van der Waals surface area contributed by atoms with Gasteiger partial charge >= 0.3 is 0 Å². The van der Waals surface area contributed by atoms with Crippen molar-refractivity contribution in [3.63, 3.8) is 0 Å². The second-order valence-corrected chi connectivity index (χ2v) is 5.39. The van der Waals surface area contributed by atoms with Gasteiger partial charge in [-0.05, 0) is 18.2 Å². The lowest BCUT2D eigenvalue weighted by Crippen LogP contribution is -2.03. The SMILES string of the molecule is [N]c1cc(S(=O)(=O)O)ccc1S(=O)(=O)O. The highest BCUT2D eigenvalue weighted by atomic mass is 32.2. The monoisotopic (exact) mass is 251 g/mol. The van der Waals surface area contributed by atoms with Gasteiger partial charge in [0, 0.05) is 0 Å². The van der Waals surface area contributed by atoms with E-state index in [1.807, 2.05) is 0 Å². The quantitative estimate of drug-likeness (QED) is 0.704. The van der Waals surface area contributed by atoms with E-state index in [4.69, 9.17) is 14.8 Å². The molecule has 7 nitrogen and oxygen atoms in total. The van der Waals surface area contributed by atoms with Crippen molar-refractivity contribution in [2.45, 2.75) is 9.79 Å². The van der Waals surface area contributed by atoms with E-state index in [0.29, 0.717) is 12.1 Å². The lowest BCUT2D eigenvalue weighted by atomic mass is 10.3. The predicted octanol–water partition coefficient (Wildman–Crippen LogP) is -0.120. The minimum atomic E-state index is -4.62. The minimum Gasteiger partial charge on any atom is -0.282 e. The first-order chi connectivity index (χ1) is 6.62. The Balaban J connectivity index is 3.47. The summed E-state index contributed by atoms with van der Waals surface area (Å²) >= 11 is 0. The summed E-state index contributed by atoms with van der Waals surface area (Å²) in [5, 5.41) is 0. The molecule has 0 atom stereocenters. The van der Waals surface area contributed by atoms with Crippen LogP contribution in [-0.4, -0.2) is 25.9 Å². The van der Waals surface area contributed by atoms with Gasteiger partial charge in [0.2, 0.25) is 0 Å². The molecule has 0 heterocycles. The van der Waals surface area contributed by atoms with Crippen LogP contribution in [0.4, 0.5) is 5.69 Å². The lowest BCUT2D eigenvalue weighted by Gasteiger charge is -2.01. The molecule has 0 saturated heterocycles. The minimum absolute atomic E-state index is 0.512. The lowest BCUT2D eigenvalue weighted by molar-refractivity contribution is 0.478. The Labute approximate surface area is 86.0 Å². The third-order valence-corrected chi connectivity index (χ3v) is 3.26. The highest BCUT2D eigenvalue weighted by Gasteiger charge is 2.18. The molecule has 1 aromatic carbocycles. The molecule has 0 bridgehead atoms. The molecule has 0 saturated carbocycles. The van der Waals surface area contributed by atoms with Crippen molar-refractivity contribution in [3.05, 3.63) is 18.2 Å². The summed E-state index contributed by atoms with van der Waals surface area (Å²) < 4.78 is 59.5. The van der Waals surface area contributed by atoms with Gasteiger partial charge in [-0.2, -0.15) is 16.8 Å². The van der Waals surface area contributed by atoms with E-state index >= 15 is 0 Å². The Kier molecular flexibility index (Phi) is 2.74. The normalized spacial score (nSPS) is 12.7. The summed E-state index contributed by atoms with van der Waals surface area (Å²) in [5.74, 6) is 0. The van der Waals surface area contributed by atoms with Crippen LogP contribution in [0, 0.1) is 0 Å². The summed E-state index contributed by atoms with van der Waals surface area (Å²) in [6, 6.07) is 1.91. The second kappa shape index (κ2) is 3.45. The number of hydrogen-bond donors (Lipinski definition) is 2. The van der Waals surface area contributed by atoms with Crippen LogP contribution in [0.25, 0.3) is 0 Å². The summed E-state index contributed by atoms with van der Waals surface area (Å²) in [7, 11) is -9.15. The Bertz CT molecular complexity index is 588. The van der Waals surface area contributed by atoms with Gasteiger partial charge in [-0.3, -0.25) is 9.11 Å².